The molecule has 1 aliphatic rings. The number of aliphatic hydroxyl groups excluding tert-OH is 1. The van der Waals surface area contributed by atoms with Crippen LogP contribution in [-0.2, 0) is 5.75 Å². The molecular formula is C13H17F2NO3S. The largest absolute Gasteiger partial charge is 0.455 e. The summed E-state index contributed by atoms with van der Waals surface area (Å²) in [5.74, 6) is -2.24. The van der Waals surface area contributed by atoms with Crippen molar-refractivity contribution in [3.05, 3.63) is 23.7 Å². The highest BCUT2D eigenvalue weighted by Crippen LogP contribution is 2.22. The Kier molecular flexibility index (Phi) is 5.42. The van der Waals surface area contributed by atoms with E-state index in [2.05, 4.69) is 5.32 Å². The molecule has 4 nitrogen and oxygen atoms in total. The van der Waals surface area contributed by atoms with E-state index in [1.807, 2.05) is 0 Å². The summed E-state index contributed by atoms with van der Waals surface area (Å²) in [7, 11) is 0. The van der Waals surface area contributed by atoms with Crippen molar-refractivity contribution in [2.75, 3.05) is 0 Å². The molecule has 0 unspecified atom stereocenters. The SMILES string of the molecule is O=C(NC1CCC(O)CC1)c1ccc(CSC(F)F)o1. The van der Waals surface area contributed by atoms with E-state index in [1.165, 1.54) is 12.1 Å². The number of hydrogen-bond donors (Lipinski definition) is 2. The Morgan fingerprint density at radius 3 is 2.75 bits per heavy atom. The fourth-order valence-corrected chi connectivity index (χ4v) is 2.64. The van der Waals surface area contributed by atoms with Crippen LogP contribution in [0.15, 0.2) is 16.5 Å². The third-order valence-electron chi connectivity index (χ3n) is 3.27. The van der Waals surface area contributed by atoms with E-state index in [4.69, 9.17) is 4.42 Å². The maximum atomic E-state index is 12.0. The van der Waals surface area contributed by atoms with E-state index in [0.29, 0.717) is 30.4 Å². The van der Waals surface area contributed by atoms with Crippen molar-refractivity contribution in [3.63, 3.8) is 0 Å². The molecule has 0 aliphatic heterocycles. The molecule has 1 heterocycles. The average molecular weight is 305 g/mol. The van der Waals surface area contributed by atoms with Gasteiger partial charge in [-0.1, -0.05) is 11.8 Å². The van der Waals surface area contributed by atoms with Crippen molar-refractivity contribution in [2.45, 2.75) is 49.3 Å². The first-order valence-electron chi connectivity index (χ1n) is 6.52. The molecule has 2 N–H and O–H groups in total. The van der Waals surface area contributed by atoms with Crippen LogP contribution >= 0.6 is 11.8 Å². The number of halogens is 2. The molecule has 1 fully saturated rings. The molecule has 1 aliphatic carbocycles. The Balaban J connectivity index is 1.83. The van der Waals surface area contributed by atoms with Crippen LogP contribution in [0.1, 0.15) is 42.0 Å². The minimum absolute atomic E-state index is 0.0369. The second-order valence-corrected chi connectivity index (χ2v) is 5.79. The molecule has 0 atom stereocenters. The molecule has 0 spiro atoms. The van der Waals surface area contributed by atoms with E-state index in [9.17, 15) is 18.7 Å². The van der Waals surface area contributed by atoms with Crippen molar-refractivity contribution in [2.24, 2.45) is 0 Å². The average Bonchev–Trinajstić information content (AvgIpc) is 2.88. The van der Waals surface area contributed by atoms with E-state index in [0.717, 1.165) is 12.8 Å². The summed E-state index contributed by atoms with van der Waals surface area (Å²) >= 11 is 0.459. The first kappa shape index (κ1) is 15.3. The van der Waals surface area contributed by atoms with Gasteiger partial charge in [-0.25, -0.2) is 0 Å². The highest BCUT2D eigenvalue weighted by atomic mass is 32.2. The standard InChI is InChI=1S/C13H17F2NO3S/c14-13(15)20-7-10-5-6-11(19-10)12(18)16-8-1-3-9(17)4-2-8/h5-6,8-9,13,17H,1-4,7H2,(H,16,18). The molecule has 7 heteroatoms. The summed E-state index contributed by atoms with van der Waals surface area (Å²) in [6.07, 6.45) is 2.56. The molecule has 0 bridgehead atoms. The molecular weight excluding hydrogens is 288 g/mol. The number of alkyl halides is 2. The monoisotopic (exact) mass is 305 g/mol. The van der Waals surface area contributed by atoms with Gasteiger partial charge >= 0.3 is 0 Å². The number of hydrogen-bond acceptors (Lipinski definition) is 4. The van der Waals surface area contributed by atoms with Crippen LogP contribution in [0.3, 0.4) is 0 Å². The second kappa shape index (κ2) is 7.08. The van der Waals surface area contributed by atoms with Crippen LogP contribution in [0.5, 0.6) is 0 Å². The predicted octanol–water partition coefficient (Wildman–Crippen LogP) is 2.77. The Bertz CT molecular complexity index is 445. The van der Waals surface area contributed by atoms with Gasteiger partial charge in [0.1, 0.15) is 5.76 Å². The van der Waals surface area contributed by atoms with E-state index >= 15 is 0 Å². The van der Waals surface area contributed by atoms with Crippen LogP contribution in [0, 0.1) is 0 Å². The molecule has 1 saturated carbocycles. The van der Waals surface area contributed by atoms with Crippen molar-refractivity contribution in [1.29, 1.82) is 0 Å². The number of furan rings is 1. The molecule has 0 radical (unpaired) electrons. The first-order valence-corrected chi connectivity index (χ1v) is 7.57. The van der Waals surface area contributed by atoms with Gasteiger partial charge in [0.05, 0.1) is 11.9 Å². The van der Waals surface area contributed by atoms with Gasteiger partial charge in [-0.15, -0.1) is 0 Å². The molecule has 2 rings (SSSR count). The van der Waals surface area contributed by atoms with Gasteiger partial charge in [-0.2, -0.15) is 8.78 Å². The van der Waals surface area contributed by atoms with Crippen LogP contribution < -0.4 is 5.32 Å². The number of amides is 1. The van der Waals surface area contributed by atoms with Gasteiger partial charge in [-0.3, -0.25) is 4.79 Å². The number of nitrogens with one attached hydrogen (secondary N) is 1. The van der Waals surface area contributed by atoms with E-state index < -0.39 is 5.76 Å². The van der Waals surface area contributed by atoms with Crippen LogP contribution in [0.4, 0.5) is 8.78 Å². The fraction of sp³-hybridized carbons (Fsp3) is 0.615. The molecule has 20 heavy (non-hydrogen) atoms. The summed E-state index contributed by atoms with van der Waals surface area (Å²) in [5.41, 5.74) is 0. The normalized spacial score (nSPS) is 23.0. The second-order valence-electron chi connectivity index (χ2n) is 4.82. The first-order chi connectivity index (χ1) is 9.54. The Morgan fingerprint density at radius 2 is 2.10 bits per heavy atom. The van der Waals surface area contributed by atoms with Gasteiger partial charge in [0.2, 0.25) is 0 Å². The maximum Gasteiger partial charge on any atom is 0.287 e. The van der Waals surface area contributed by atoms with Gasteiger partial charge < -0.3 is 14.8 Å². The van der Waals surface area contributed by atoms with Crippen molar-refractivity contribution in [1.82, 2.24) is 5.32 Å². The summed E-state index contributed by atoms with van der Waals surface area (Å²) in [6.45, 7) is 0. The number of thioether (sulfide) groups is 1. The van der Waals surface area contributed by atoms with Gasteiger partial charge in [0, 0.05) is 6.04 Å². The topological polar surface area (TPSA) is 62.5 Å². The van der Waals surface area contributed by atoms with Gasteiger partial charge in [0.25, 0.3) is 11.7 Å². The summed E-state index contributed by atoms with van der Waals surface area (Å²) < 4.78 is 29.3. The quantitative estimate of drug-likeness (QED) is 0.878. The van der Waals surface area contributed by atoms with E-state index in [1.54, 1.807) is 0 Å². The molecule has 112 valence electrons. The smallest absolute Gasteiger partial charge is 0.287 e. The predicted molar refractivity (Wildman–Crippen MR) is 71.7 cm³/mol. The molecule has 1 aromatic heterocycles. The minimum Gasteiger partial charge on any atom is -0.455 e. The molecule has 0 aromatic carbocycles. The Hall–Kier alpha value is -1.08. The Morgan fingerprint density at radius 1 is 1.40 bits per heavy atom. The third kappa shape index (κ3) is 4.49. The van der Waals surface area contributed by atoms with E-state index in [-0.39, 0.29) is 29.6 Å². The lowest BCUT2D eigenvalue weighted by molar-refractivity contribution is 0.0842. The zero-order chi connectivity index (χ0) is 14.5. The zero-order valence-electron chi connectivity index (χ0n) is 10.9. The van der Waals surface area contributed by atoms with Crippen LogP contribution in [0.2, 0.25) is 0 Å². The number of carbonyl (C=O) groups excluding carboxylic acids is 1. The lowest BCUT2D eigenvalue weighted by Crippen LogP contribution is -2.38. The summed E-state index contributed by atoms with van der Waals surface area (Å²) in [4.78, 5) is 11.9. The molecule has 1 aromatic rings. The van der Waals surface area contributed by atoms with Crippen molar-refractivity contribution >= 4 is 17.7 Å². The highest BCUT2D eigenvalue weighted by Gasteiger charge is 2.22. The number of carbonyl (C=O) groups is 1. The zero-order valence-corrected chi connectivity index (χ0v) is 11.7. The Labute approximate surface area is 119 Å². The number of aliphatic hydroxyl groups is 1. The summed E-state index contributed by atoms with van der Waals surface area (Å²) in [6, 6.07) is 3.07. The molecule has 0 saturated heterocycles. The fourth-order valence-electron chi connectivity index (χ4n) is 2.20. The minimum atomic E-state index is -2.45. The van der Waals surface area contributed by atoms with Gasteiger partial charge in [0.15, 0.2) is 5.76 Å². The van der Waals surface area contributed by atoms with Crippen molar-refractivity contribution in [3.8, 4) is 0 Å². The number of rotatable bonds is 5. The summed E-state index contributed by atoms with van der Waals surface area (Å²) in [5, 5.41) is 12.2. The van der Waals surface area contributed by atoms with Crippen LogP contribution in [0.25, 0.3) is 0 Å². The van der Waals surface area contributed by atoms with Gasteiger partial charge in [-0.05, 0) is 37.8 Å². The van der Waals surface area contributed by atoms with Crippen LogP contribution in [-0.4, -0.2) is 28.9 Å². The lowest BCUT2D eigenvalue weighted by atomic mass is 9.93. The third-order valence-corrected chi connectivity index (χ3v) is 3.97. The highest BCUT2D eigenvalue weighted by molar-refractivity contribution is 7.98. The maximum absolute atomic E-state index is 12.0. The lowest BCUT2D eigenvalue weighted by Gasteiger charge is -2.25. The van der Waals surface area contributed by atoms with Crippen molar-refractivity contribution < 1.29 is 23.1 Å². The molecule has 1 amide bonds.